The molecule has 0 fully saturated rings. The summed E-state index contributed by atoms with van der Waals surface area (Å²) in [5.41, 5.74) is 1.79. The van der Waals surface area contributed by atoms with Gasteiger partial charge in [-0.15, -0.1) is 0 Å². The first-order chi connectivity index (χ1) is 9.44. The average molecular weight is 278 g/mol. The maximum Gasteiger partial charge on any atom is 0.325 e. The number of methoxy groups -OCH3 is 1. The molecule has 0 spiro atoms. The molecular weight excluding hydrogens is 252 g/mol. The summed E-state index contributed by atoms with van der Waals surface area (Å²) in [6.07, 6.45) is 0.693. The molecule has 0 heterocycles. The maximum atomic E-state index is 11.9. The zero-order valence-corrected chi connectivity index (χ0v) is 13.2. The van der Waals surface area contributed by atoms with Crippen molar-refractivity contribution in [1.29, 1.82) is 0 Å². The predicted octanol–water partition coefficient (Wildman–Crippen LogP) is 2.36. The van der Waals surface area contributed by atoms with Crippen LogP contribution in [-0.2, 0) is 9.53 Å². The average Bonchev–Trinajstić information content (AvgIpc) is 2.44. The molecule has 0 bridgehead atoms. The van der Waals surface area contributed by atoms with Gasteiger partial charge in [0.15, 0.2) is 0 Å². The minimum Gasteiger partial charge on any atom is -0.468 e. The van der Waals surface area contributed by atoms with Crippen LogP contribution in [0.4, 0.5) is 5.69 Å². The molecular formula is C16H26N2O2. The first kappa shape index (κ1) is 16.5. The van der Waals surface area contributed by atoms with E-state index in [0.29, 0.717) is 6.42 Å². The number of benzene rings is 1. The van der Waals surface area contributed by atoms with E-state index < -0.39 is 5.54 Å². The molecule has 1 N–H and O–H groups in total. The molecule has 0 aliphatic heterocycles. The Morgan fingerprint density at radius 1 is 1.40 bits per heavy atom. The highest BCUT2D eigenvalue weighted by Crippen LogP contribution is 2.20. The van der Waals surface area contributed by atoms with Crippen molar-refractivity contribution in [3.8, 4) is 0 Å². The van der Waals surface area contributed by atoms with E-state index in [4.69, 9.17) is 4.74 Å². The first-order valence-corrected chi connectivity index (χ1v) is 7.05. The molecule has 1 rings (SSSR count). The number of likely N-dealkylation sites (N-methyl/N-ethyl adjacent to an activating group) is 1. The number of para-hydroxylation sites is 1. The molecule has 112 valence electrons. The Hall–Kier alpha value is -1.55. The molecule has 20 heavy (non-hydrogen) atoms. The van der Waals surface area contributed by atoms with Crippen molar-refractivity contribution in [2.45, 2.75) is 32.7 Å². The van der Waals surface area contributed by atoms with E-state index >= 15 is 0 Å². The van der Waals surface area contributed by atoms with Crippen molar-refractivity contribution in [1.82, 2.24) is 5.32 Å². The molecule has 1 aromatic carbocycles. The highest BCUT2D eigenvalue weighted by molar-refractivity contribution is 5.80. The molecule has 1 aromatic rings. The third kappa shape index (κ3) is 3.97. The first-order valence-electron chi connectivity index (χ1n) is 7.05. The molecule has 4 nitrogen and oxygen atoms in total. The minimum absolute atomic E-state index is 0.211. The van der Waals surface area contributed by atoms with Gasteiger partial charge in [-0.3, -0.25) is 4.79 Å². The largest absolute Gasteiger partial charge is 0.468 e. The van der Waals surface area contributed by atoms with Gasteiger partial charge >= 0.3 is 5.97 Å². The predicted molar refractivity (Wildman–Crippen MR) is 83.2 cm³/mol. The van der Waals surface area contributed by atoms with Crippen molar-refractivity contribution < 1.29 is 9.53 Å². The van der Waals surface area contributed by atoms with Gasteiger partial charge in [-0.25, -0.2) is 0 Å². The topological polar surface area (TPSA) is 41.6 Å². The fourth-order valence-electron chi connectivity index (χ4n) is 2.38. The fraction of sp³-hybridized carbons (Fsp3) is 0.562. The van der Waals surface area contributed by atoms with Gasteiger partial charge in [0.25, 0.3) is 0 Å². The normalized spacial score (nSPS) is 13.7. The quantitative estimate of drug-likeness (QED) is 0.778. The second-order valence-corrected chi connectivity index (χ2v) is 5.31. The number of hydrogen-bond acceptors (Lipinski definition) is 4. The lowest BCUT2D eigenvalue weighted by Gasteiger charge is -2.30. The van der Waals surface area contributed by atoms with Gasteiger partial charge in [-0.1, -0.05) is 25.1 Å². The van der Waals surface area contributed by atoms with E-state index in [-0.39, 0.29) is 5.97 Å². The van der Waals surface area contributed by atoms with Crippen molar-refractivity contribution >= 4 is 11.7 Å². The monoisotopic (exact) mass is 278 g/mol. The number of carbonyl (C=O) groups is 1. The number of nitrogens with one attached hydrogen (secondary N) is 1. The number of anilines is 1. The molecule has 0 saturated carbocycles. The molecule has 0 saturated heterocycles. The molecule has 0 amide bonds. The minimum atomic E-state index is -0.638. The Labute approximate surface area is 122 Å². The van der Waals surface area contributed by atoms with Gasteiger partial charge in [0.2, 0.25) is 0 Å². The summed E-state index contributed by atoms with van der Waals surface area (Å²) >= 11 is 0. The van der Waals surface area contributed by atoms with Crippen LogP contribution < -0.4 is 10.2 Å². The third-order valence-electron chi connectivity index (χ3n) is 3.68. The van der Waals surface area contributed by atoms with Crippen molar-refractivity contribution in [3.63, 3.8) is 0 Å². The zero-order valence-electron chi connectivity index (χ0n) is 13.2. The smallest absolute Gasteiger partial charge is 0.325 e. The number of rotatable bonds is 7. The maximum absolute atomic E-state index is 11.9. The van der Waals surface area contributed by atoms with Crippen LogP contribution in [0.1, 0.15) is 25.8 Å². The standard InChI is InChI=1S/C16H26N2O2/c1-6-17-16(3,15(19)20-5)11-12-18(4)14-10-8-7-9-13(14)2/h7-10,17H,6,11-12H2,1-5H3. The number of aryl methyl sites for hydroxylation is 1. The van der Waals surface area contributed by atoms with Crippen LogP contribution in [0.5, 0.6) is 0 Å². The molecule has 1 atom stereocenters. The third-order valence-corrected chi connectivity index (χ3v) is 3.68. The van der Waals surface area contributed by atoms with Gasteiger partial charge in [-0.05, 0) is 38.4 Å². The lowest BCUT2D eigenvalue weighted by molar-refractivity contribution is -0.148. The number of esters is 1. The van der Waals surface area contributed by atoms with Crippen molar-refractivity contribution in [3.05, 3.63) is 29.8 Å². The van der Waals surface area contributed by atoms with E-state index in [1.54, 1.807) is 0 Å². The summed E-state index contributed by atoms with van der Waals surface area (Å²) in [7, 11) is 3.48. The van der Waals surface area contributed by atoms with Crippen LogP contribution >= 0.6 is 0 Å². The van der Waals surface area contributed by atoms with E-state index in [2.05, 4.69) is 29.3 Å². The highest BCUT2D eigenvalue weighted by atomic mass is 16.5. The molecule has 4 heteroatoms. The summed E-state index contributed by atoms with van der Waals surface area (Å²) in [6.45, 7) is 7.50. The Kier molecular flexibility index (Phi) is 6.02. The SMILES string of the molecule is CCNC(C)(CCN(C)c1ccccc1C)C(=O)OC. The van der Waals surface area contributed by atoms with Crippen LogP contribution in [-0.4, -0.2) is 38.8 Å². The van der Waals surface area contributed by atoms with Gasteiger partial charge in [0.1, 0.15) is 5.54 Å². The molecule has 0 radical (unpaired) electrons. The Bertz CT molecular complexity index is 448. The van der Waals surface area contributed by atoms with E-state index in [0.717, 1.165) is 13.1 Å². The Morgan fingerprint density at radius 2 is 2.05 bits per heavy atom. The summed E-state index contributed by atoms with van der Waals surface area (Å²) in [6, 6.07) is 8.25. The summed E-state index contributed by atoms with van der Waals surface area (Å²) in [5.74, 6) is -0.211. The molecule has 1 unspecified atom stereocenters. The number of ether oxygens (including phenoxy) is 1. The van der Waals surface area contributed by atoms with Crippen LogP contribution in [0.25, 0.3) is 0 Å². The van der Waals surface area contributed by atoms with E-state index in [1.165, 1.54) is 18.4 Å². The Balaban J connectivity index is 2.73. The number of nitrogens with zero attached hydrogens (tertiary/aromatic N) is 1. The van der Waals surface area contributed by atoms with Gasteiger partial charge in [-0.2, -0.15) is 0 Å². The second-order valence-electron chi connectivity index (χ2n) is 5.31. The number of hydrogen-bond donors (Lipinski definition) is 1. The van der Waals surface area contributed by atoms with Crippen LogP contribution in [0.3, 0.4) is 0 Å². The van der Waals surface area contributed by atoms with E-state index in [9.17, 15) is 4.79 Å². The van der Waals surface area contributed by atoms with Crippen molar-refractivity contribution in [2.24, 2.45) is 0 Å². The number of carbonyl (C=O) groups excluding carboxylic acids is 1. The lowest BCUT2D eigenvalue weighted by atomic mass is 9.97. The summed E-state index contributed by atoms with van der Waals surface area (Å²) in [4.78, 5) is 14.1. The second kappa shape index (κ2) is 7.29. The van der Waals surface area contributed by atoms with Crippen LogP contribution in [0, 0.1) is 6.92 Å². The molecule has 0 aromatic heterocycles. The van der Waals surface area contributed by atoms with Crippen LogP contribution in [0.15, 0.2) is 24.3 Å². The van der Waals surface area contributed by atoms with Crippen molar-refractivity contribution in [2.75, 3.05) is 32.1 Å². The molecule has 0 aliphatic rings. The lowest BCUT2D eigenvalue weighted by Crippen LogP contribution is -2.51. The Morgan fingerprint density at radius 3 is 2.60 bits per heavy atom. The van der Waals surface area contributed by atoms with Gasteiger partial charge < -0.3 is 15.0 Å². The van der Waals surface area contributed by atoms with E-state index in [1.807, 2.05) is 33.0 Å². The van der Waals surface area contributed by atoms with Gasteiger partial charge in [0.05, 0.1) is 7.11 Å². The summed E-state index contributed by atoms with van der Waals surface area (Å²) in [5, 5.41) is 3.23. The zero-order chi connectivity index (χ0) is 15.2. The summed E-state index contributed by atoms with van der Waals surface area (Å²) < 4.78 is 4.91. The highest BCUT2D eigenvalue weighted by Gasteiger charge is 2.33. The van der Waals surface area contributed by atoms with Crippen LogP contribution in [0.2, 0.25) is 0 Å². The fourth-order valence-corrected chi connectivity index (χ4v) is 2.38. The van der Waals surface area contributed by atoms with Gasteiger partial charge in [0, 0.05) is 19.3 Å². The molecule has 0 aliphatic carbocycles.